The number of aromatic nitrogens is 6. The van der Waals surface area contributed by atoms with Gasteiger partial charge >= 0.3 is 5.69 Å². The Hall–Kier alpha value is -10.6. The highest BCUT2D eigenvalue weighted by molar-refractivity contribution is 6.03. The molecule has 7 N–H and O–H groups in total. The van der Waals surface area contributed by atoms with Crippen LogP contribution in [0.2, 0.25) is 0 Å². The van der Waals surface area contributed by atoms with E-state index in [4.69, 9.17) is 5.73 Å². The number of carbonyl (C=O) groups excluding carboxylic acids is 4. The smallest absolute Gasteiger partial charge is 0.326 e. The van der Waals surface area contributed by atoms with Crippen molar-refractivity contribution in [3.05, 3.63) is 294 Å². The first-order valence-corrected chi connectivity index (χ1v) is 39.1. The lowest BCUT2D eigenvalue weighted by Gasteiger charge is -2.21. The van der Waals surface area contributed by atoms with E-state index >= 15 is 0 Å². The second kappa shape index (κ2) is 34.0. The lowest BCUT2D eigenvalue weighted by Crippen LogP contribution is -2.24. The van der Waals surface area contributed by atoms with E-state index in [1.165, 1.54) is 81.5 Å². The van der Waals surface area contributed by atoms with Gasteiger partial charge in [-0.15, -0.1) is 0 Å². The number of hydrogen-bond acceptors (Lipinski definition) is 10. The topological polar surface area (TPSA) is 264 Å². The van der Waals surface area contributed by atoms with Gasteiger partial charge < -0.3 is 26.0 Å². The number of nitrogens with zero attached hydrogens (tertiary/aromatic N) is 2. The Labute approximate surface area is 666 Å². The second-order valence-corrected chi connectivity index (χ2v) is 38.4. The number of para-hydroxylation sites is 2. The molecule has 113 heavy (non-hydrogen) atoms. The van der Waals surface area contributed by atoms with Gasteiger partial charge in [0.15, 0.2) is 11.6 Å². The summed E-state index contributed by atoms with van der Waals surface area (Å²) < 4.78 is 13.1. The number of halogens is 1. The van der Waals surface area contributed by atoms with E-state index < -0.39 is 17.4 Å². The normalized spacial score (nSPS) is 14.4. The number of aryl methyl sites for hydroxylation is 1. The van der Waals surface area contributed by atoms with Crippen LogP contribution in [0, 0.1) is 5.82 Å². The molecular formula is C96H119FN8O8. The summed E-state index contributed by atoms with van der Waals surface area (Å²) in [5.74, 6) is -0.560. The van der Waals surface area contributed by atoms with Crippen LogP contribution in [0.4, 0.5) is 4.39 Å². The highest BCUT2D eigenvalue weighted by Crippen LogP contribution is 2.57. The molecule has 0 radical (unpaired) electrons. The zero-order chi connectivity index (χ0) is 84.1. The van der Waals surface area contributed by atoms with Crippen LogP contribution in [0.5, 0.6) is 0 Å². The molecule has 0 bridgehead atoms. The van der Waals surface area contributed by atoms with E-state index in [1.54, 1.807) is 30.5 Å². The Kier molecular flexibility index (Phi) is 26.5. The minimum absolute atomic E-state index is 0.000301. The van der Waals surface area contributed by atoms with Crippen LogP contribution in [0.25, 0.3) is 27.9 Å². The minimum atomic E-state index is -0.728. The van der Waals surface area contributed by atoms with E-state index in [0.717, 1.165) is 63.7 Å². The van der Waals surface area contributed by atoms with Crippen molar-refractivity contribution in [2.45, 2.75) is 260 Å². The first-order valence-electron chi connectivity index (χ1n) is 39.1. The first kappa shape index (κ1) is 88.0. The molecule has 0 unspecified atom stereocenters. The number of rotatable bonds is 1. The number of benzene rings is 6. The molecule has 5 heterocycles. The number of fused-ring (bicyclic) bond motifs is 7. The third-order valence-corrected chi connectivity index (χ3v) is 20.9. The summed E-state index contributed by atoms with van der Waals surface area (Å²) in [5, 5.41) is 4.04. The molecule has 5 aliphatic rings. The van der Waals surface area contributed by atoms with E-state index in [2.05, 4.69) is 221 Å². The number of carbonyl (C=O) groups is 4. The van der Waals surface area contributed by atoms with Gasteiger partial charge in [-0.2, -0.15) is 0 Å². The summed E-state index contributed by atoms with van der Waals surface area (Å²) in [7, 11) is 0. The van der Waals surface area contributed by atoms with Gasteiger partial charge in [-0.1, -0.05) is 245 Å². The largest absolute Gasteiger partial charge is 0.366 e. The minimum Gasteiger partial charge on any atom is -0.366 e. The van der Waals surface area contributed by atoms with Gasteiger partial charge in [0.2, 0.25) is 5.56 Å². The second-order valence-electron chi connectivity index (χ2n) is 38.4. The molecule has 16 nitrogen and oxygen atoms in total. The van der Waals surface area contributed by atoms with Crippen molar-refractivity contribution >= 4 is 51.3 Å². The van der Waals surface area contributed by atoms with E-state index in [-0.39, 0.29) is 76.9 Å². The molecule has 15 rings (SSSR count). The third kappa shape index (κ3) is 22.4. The first-order chi connectivity index (χ1) is 52.2. The predicted octanol–water partition coefficient (Wildman–Crippen LogP) is 19.5. The number of hydrogen-bond donors (Lipinski definition) is 6. The number of nitrogens with one attached hydrogen (secondary N) is 5. The Balaban J connectivity index is 0.000000162. The predicted molar refractivity (Wildman–Crippen MR) is 459 cm³/mol. The third-order valence-electron chi connectivity index (χ3n) is 20.9. The fraction of sp³-hybridized carbons (Fsp3) is 0.417. The maximum absolute atomic E-state index is 13.1. The van der Waals surface area contributed by atoms with Gasteiger partial charge in [0, 0.05) is 66.4 Å². The molecular weight excluding hydrogens is 1410 g/mol. The number of Topliss-reactive ketones (excluding diaryl/α,β-unsaturated/α-hetero) is 2. The number of amides is 2. The lowest BCUT2D eigenvalue weighted by atomic mass is 9.83. The summed E-state index contributed by atoms with van der Waals surface area (Å²) >= 11 is 0. The summed E-state index contributed by atoms with van der Waals surface area (Å²) in [5.41, 5.74) is 24.4. The van der Waals surface area contributed by atoms with Crippen molar-refractivity contribution in [3.8, 4) is 0 Å². The van der Waals surface area contributed by atoms with Crippen LogP contribution in [0.15, 0.2) is 171 Å². The zero-order valence-electron chi connectivity index (χ0n) is 71.1. The van der Waals surface area contributed by atoms with Gasteiger partial charge in [0.05, 0.1) is 39.4 Å². The molecule has 1 fully saturated rings. The van der Waals surface area contributed by atoms with Crippen LogP contribution < -0.4 is 33.4 Å². The number of ketones is 2. The fourth-order valence-electron chi connectivity index (χ4n) is 13.8. The summed E-state index contributed by atoms with van der Waals surface area (Å²) in [4.78, 5) is 110. The van der Waals surface area contributed by atoms with Gasteiger partial charge in [0.1, 0.15) is 5.82 Å². The van der Waals surface area contributed by atoms with Gasteiger partial charge in [-0.05, 0) is 184 Å². The van der Waals surface area contributed by atoms with Crippen molar-refractivity contribution in [2.75, 3.05) is 0 Å². The molecule has 1 spiro atoms. The number of primary amides is 1. The molecule has 4 aliphatic carbocycles. The summed E-state index contributed by atoms with van der Waals surface area (Å²) in [6.45, 7) is 51.7. The number of aromatic amines is 4. The van der Waals surface area contributed by atoms with Gasteiger partial charge in [0.25, 0.3) is 22.9 Å². The molecule has 4 aromatic heterocycles. The average molecular weight is 1530 g/mol. The maximum atomic E-state index is 13.1. The Morgan fingerprint density at radius 1 is 0.487 bits per heavy atom. The van der Waals surface area contributed by atoms with Crippen molar-refractivity contribution in [1.29, 1.82) is 0 Å². The van der Waals surface area contributed by atoms with E-state index in [0.29, 0.717) is 40.8 Å². The quantitative estimate of drug-likeness (QED) is 0.0905. The zero-order valence-corrected chi connectivity index (χ0v) is 71.1. The number of allylic oxidation sites excluding steroid dienone is 1. The Morgan fingerprint density at radius 2 is 1.03 bits per heavy atom. The molecule has 10 aromatic rings. The van der Waals surface area contributed by atoms with E-state index in [9.17, 15) is 42.7 Å². The summed E-state index contributed by atoms with van der Waals surface area (Å²) in [6.07, 6.45) is 15.3. The molecule has 1 aliphatic heterocycles. The van der Waals surface area contributed by atoms with Crippen LogP contribution in [0.1, 0.15) is 306 Å². The monoisotopic (exact) mass is 1530 g/mol. The van der Waals surface area contributed by atoms with E-state index in [1.807, 2.05) is 90.2 Å². The summed E-state index contributed by atoms with van der Waals surface area (Å²) in [6, 6.07) is 40.3. The maximum Gasteiger partial charge on any atom is 0.326 e. The molecule has 0 saturated heterocycles. The SMILES string of the molecule is CC(C)(C)c1cc[nH]c(=O)c1.CC(C)(C)c1ccc(F)c(C(N)=O)c1.CC(C)(C)c1ccc2c(c1)C(=O)CC2.CC(C)(C)c1ccc2c(c1)C(=O)CC21CC1.CC(C)(C)c1cccc2c(=O)[nH]c(=O)[nH]c12.CC(C)(C)c1cccc2c(=O)[nH]cnc12.CC(C)(C)c1cccc2c1CNC2=O.CC(C)(C)c1cnc2c(c1)C=CC2. The molecule has 0 atom stereocenters. The Morgan fingerprint density at radius 3 is 1.59 bits per heavy atom. The number of H-pyrrole nitrogens is 4. The standard InChI is InChI=1S/C15H18O.C13H16O.C12H14N2O2.C12H14N2O.C12H15NO.C12H15N.C11H14FNO.C9H13NO/c1-14(2,3)10-4-5-12-11(8-10)13(16)9-15(12)6-7-15;1-13(2,3)10-6-4-9-5-7-12(14)11(9)8-10;1-12(2,3)8-6-4-5-7-9(8)13-11(16)14-10(7)15;1-12(2,3)9-6-4-5-8-10(9)13-7-14-11(8)15;1-12(2,3)10-6-4-5-8-9(10)7-13-11(8)14;1-12(2,3)10-7-9-5-4-6-11(9)13-8-10;1-11(2,3)7-4-5-9(12)8(6-7)10(13)14;1-9(2,3)7-4-5-10-8(11)6-7/h4-5,8H,6-7,9H2,1-3H3;4,6,8H,5,7H2,1-3H3;4-6H,1-3H3,(H2,13,14,15,16);4-7H,1-3H3,(H,13,14,15);4-6H,7H2,1-3H3,(H,13,14);4-5,7-8H,6H2,1-3H3;4-6H,1-3H3,(H2,13,14);4-6H,1-3H3,(H,10,11). The lowest BCUT2D eigenvalue weighted by molar-refractivity contribution is 0.0961. The number of pyridine rings is 2. The highest BCUT2D eigenvalue weighted by atomic mass is 19.1. The van der Waals surface area contributed by atoms with Crippen LogP contribution in [-0.4, -0.2) is 53.3 Å². The average Bonchev–Trinajstić information content (AvgIpc) is 1.56. The van der Waals surface area contributed by atoms with Crippen LogP contribution in [0.3, 0.4) is 0 Å². The van der Waals surface area contributed by atoms with Crippen molar-refractivity contribution in [3.63, 3.8) is 0 Å². The Bertz CT molecular complexity index is 5450. The van der Waals surface area contributed by atoms with Crippen molar-refractivity contribution < 1.29 is 23.6 Å². The molecule has 2 amide bonds. The molecule has 6 aromatic carbocycles. The molecule has 598 valence electrons. The fourth-order valence-corrected chi connectivity index (χ4v) is 13.8. The molecule has 1 saturated carbocycles. The van der Waals surface area contributed by atoms with Crippen molar-refractivity contribution in [2.24, 2.45) is 5.73 Å². The van der Waals surface area contributed by atoms with Crippen LogP contribution in [-0.2, 0) is 68.1 Å². The van der Waals surface area contributed by atoms with Gasteiger partial charge in [-0.25, -0.2) is 14.2 Å². The van der Waals surface area contributed by atoms with Crippen LogP contribution >= 0.6 is 0 Å². The molecule has 17 heteroatoms. The van der Waals surface area contributed by atoms with Crippen molar-refractivity contribution in [1.82, 2.24) is 35.2 Å². The highest BCUT2D eigenvalue weighted by Gasteiger charge is 2.52. The van der Waals surface area contributed by atoms with Gasteiger partial charge in [-0.3, -0.25) is 43.5 Å². The number of nitrogens with two attached hydrogens (primary N) is 1.